The van der Waals surface area contributed by atoms with Gasteiger partial charge in [0.05, 0.1) is 42.9 Å². The number of carbonyl (C=O) groups excluding carboxylic acids is 2. The Balaban J connectivity index is 1.53. The molecule has 2 heterocycles. The van der Waals surface area contributed by atoms with Crippen molar-refractivity contribution in [2.45, 2.75) is 37.2 Å². The molecular formula is C29H35N3O7S. The number of nitrogens with zero attached hydrogens (tertiary/aromatic N) is 2. The van der Waals surface area contributed by atoms with Crippen LogP contribution in [0.25, 0.3) is 0 Å². The molecule has 0 aliphatic carbocycles. The van der Waals surface area contributed by atoms with E-state index in [1.165, 1.54) is 12.5 Å². The summed E-state index contributed by atoms with van der Waals surface area (Å²) in [6, 6.07) is 17.5. The van der Waals surface area contributed by atoms with Crippen molar-refractivity contribution in [3.05, 3.63) is 90.1 Å². The van der Waals surface area contributed by atoms with E-state index in [9.17, 15) is 23.1 Å². The maximum absolute atomic E-state index is 13.7. The second kappa shape index (κ2) is 14.2. The smallest absolute Gasteiger partial charge is 0.224 e. The van der Waals surface area contributed by atoms with E-state index >= 15 is 0 Å². The molecule has 1 aliphatic rings. The first kappa shape index (κ1) is 29.4. The lowest BCUT2D eigenvalue weighted by atomic mass is 9.99. The average molecular weight is 570 g/mol. The van der Waals surface area contributed by atoms with Crippen molar-refractivity contribution in [2.24, 2.45) is 5.92 Å². The van der Waals surface area contributed by atoms with Crippen molar-refractivity contribution in [1.29, 1.82) is 0 Å². The molecule has 3 unspecified atom stereocenters. The molecule has 1 saturated heterocycles. The van der Waals surface area contributed by atoms with E-state index in [4.69, 9.17) is 9.15 Å². The van der Waals surface area contributed by atoms with Crippen molar-refractivity contribution >= 4 is 21.7 Å². The summed E-state index contributed by atoms with van der Waals surface area (Å²) in [5, 5.41) is 13.8. The third kappa shape index (κ3) is 8.73. The Morgan fingerprint density at radius 2 is 1.65 bits per heavy atom. The molecule has 3 atom stereocenters. The lowest BCUT2D eigenvalue weighted by Crippen LogP contribution is -2.47. The van der Waals surface area contributed by atoms with Gasteiger partial charge in [-0.3, -0.25) is 9.59 Å². The van der Waals surface area contributed by atoms with Gasteiger partial charge in [-0.05, 0) is 24.0 Å². The Hall–Kier alpha value is -3.54. The fraction of sp³-hybridized carbons (Fsp3) is 0.414. The molecule has 0 saturated carbocycles. The van der Waals surface area contributed by atoms with Crippen LogP contribution in [0.2, 0.25) is 0 Å². The summed E-state index contributed by atoms with van der Waals surface area (Å²) in [6.45, 7) is 1.54. The van der Waals surface area contributed by atoms with Gasteiger partial charge >= 0.3 is 0 Å². The van der Waals surface area contributed by atoms with Crippen molar-refractivity contribution in [3.63, 3.8) is 0 Å². The lowest BCUT2D eigenvalue weighted by molar-refractivity contribution is -0.139. The Bertz CT molecular complexity index is 1310. The topological polar surface area (TPSA) is 139 Å². The Kier molecular flexibility index (Phi) is 10.5. The summed E-state index contributed by atoms with van der Waals surface area (Å²) >= 11 is 0. The standard InChI is InChI=1S/C29H35N3O7S/c33-26(32-14-17-38-18-15-32)19-24(21-40(36,37)20-23-9-5-2-6-10-23)28(35)31-25(27(34)29-30-13-16-39-29)12-11-22-7-3-1-4-8-22/h1-10,13,16,24-25,27,34H,11-12,14-15,17-21H2,(H,31,35). The van der Waals surface area contributed by atoms with E-state index in [1.807, 2.05) is 30.3 Å². The SMILES string of the molecule is O=C(NC(CCc1ccccc1)C(O)c1ncco1)C(CC(=O)N1CCOCC1)CS(=O)(=O)Cc1ccccc1. The number of morpholine rings is 1. The van der Waals surface area contributed by atoms with E-state index in [2.05, 4.69) is 10.3 Å². The van der Waals surface area contributed by atoms with E-state index in [0.717, 1.165) is 5.56 Å². The normalized spacial score (nSPS) is 16.2. The highest BCUT2D eigenvalue weighted by atomic mass is 32.2. The van der Waals surface area contributed by atoms with Crippen LogP contribution < -0.4 is 5.32 Å². The number of oxazole rings is 1. The molecule has 2 aromatic carbocycles. The second-order valence-corrected chi connectivity index (χ2v) is 12.0. The quantitative estimate of drug-likeness (QED) is 0.320. The number of aromatic nitrogens is 1. The van der Waals surface area contributed by atoms with Crippen LogP contribution in [0.15, 0.2) is 77.5 Å². The third-order valence-electron chi connectivity index (χ3n) is 6.84. The molecule has 2 amide bonds. The van der Waals surface area contributed by atoms with Gasteiger partial charge < -0.3 is 24.5 Å². The van der Waals surface area contributed by atoms with Crippen LogP contribution in [-0.4, -0.2) is 73.3 Å². The van der Waals surface area contributed by atoms with Crippen LogP contribution in [0.1, 0.15) is 36.0 Å². The van der Waals surface area contributed by atoms with Gasteiger partial charge in [0.25, 0.3) is 0 Å². The Morgan fingerprint density at radius 3 is 2.27 bits per heavy atom. The van der Waals surface area contributed by atoms with Crippen LogP contribution in [0.4, 0.5) is 0 Å². The van der Waals surface area contributed by atoms with Gasteiger partial charge in [0, 0.05) is 19.5 Å². The minimum absolute atomic E-state index is 0.0380. The molecule has 3 aromatic rings. The molecule has 40 heavy (non-hydrogen) atoms. The summed E-state index contributed by atoms with van der Waals surface area (Å²) in [6.07, 6.45) is 2.05. The molecular weight excluding hydrogens is 534 g/mol. The van der Waals surface area contributed by atoms with Gasteiger partial charge in [0.1, 0.15) is 6.26 Å². The molecule has 11 heteroatoms. The average Bonchev–Trinajstić information content (AvgIpc) is 3.51. The zero-order valence-electron chi connectivity index (χ0n) is 22.2. The molecule has 10 nitrogen and oxygen atoms in total. The number of rotatable bonds is 13. The number of carbonyl (C=O) groups is 2. The summed E-state index contributed by atoms with van der Waals surface area (Å²) in [5.41, 5.74) is 1.60. The third-order valence-corrected chi connectivity index (χ3v) is 8.52. The fourth-order valence-electron chi connectivity index (χ4n) is 4.70. The minimum atomic E-state index is -3.76. The van der Waals surface area contributed by atoms with E-state index in [-0.39, 0.29) is 24.0 Å². The predicted molar refractivity (Wildman–Crippen MR) is 148 cm³/mol. The fourth-order valence-corrected chi connectivity index (χ4v) is 6.40. The van der Waals surface area contributed by atoms with Crippen LogP contribution in [0.5, 0.6) is 0 Å². The van der Waals surface area contributed by atoms with Gasteiger partial charge in [-0.2, -0.15) is 0 Å². The molecule has 0 bridgehead atoms. The minimum Gasteiger partial charge on any atom is -0.446 e. The molecule has 1 aromatic heterocycles. The molecule has 1 aliphatic heterocycles. The van der Waals surface area contributed by atoms with E-state index in [1.54, 1.807) is 35.2 Å². The highest BCUT2D eigenvalue weighted by Crippen LogP contribution is 2.22. The number of aliphatic hydroxyl groups excluding tert-OH is 1. The first-order chi connectivity index (χ1) is 19.3. The molecule has 4 rings (SSSR count). The summed E-state index contributed by atoms with van der Waals surface area (Å²) in [5.74, 6) is -2.81. The van der Waals surface area contributed by atoms with Gasteiger partial charge in [-0.15, -0.1) is 0 Å². The van der Waals surface area contributed by atoms with Gasteiger partial charge in [-0.1, -0.05) is 60.7 Å². The Labute approximate surface area is 234 Å². The maximum Gasteiger partial charge on any atom is 0.224 e. The van der Waals surface area contributed by atoms with E-state index in [0.29, 0.717) is 44.7 Å². The molecule has 2 N–H and O–H groups in total. The number of benzene rings is 2. The molecule has 214 valence electrons. The first-order valence-electron chi connectivity index (χ1n) is 13.3. The van der Waals surface area contributed by atoms with Crippen LogP contribution in [-0.2, 0) is 36.3 Å². The second-order valence-electron chi connectivity index (χ2n) is 9.89. The number of aliphatic hydroxyl groups is 1. The number of nitrogens with one attached hydrogen (secondary N) is 1. The van der Waals surface area contributed by atoms with Gasteiger partial charge in [0.15, 0.2) is 15.9 Å². The number of amides is 2. The largest absolute Gasteiger partial charge is 0.446 e. The highest BCUT2D eigenvalue weighted by molar-refractivity contribution is 7.90. The number of sulfone groups is 1. The van der Waals surface area contributed by atoms with Crippen LogP contribution >= 0.6 is 0 Å². The number of ether oxygens (including phenoxy) is 1. The highest BCUT2D eigenvalue weighted by Gasteiger charge is 2.34. The van der Waals surface area contributed by atoms with Crippen molar-refractivity contribution < 1.29 is 32.3 Å². The van der Waals surface area contributed by atoms with Crippen LogP contribution in [0, 0.1) is 5.92 Å². The molecule has 0 spiro atoms. The maximum atomic E-state index is 13.7. The van der Waals surface area contributed by atoms with Crippen molar-refractivity contribution in [2.75, 3.05) is 32.1 Å². The van der Waals surface area contributed by atoms with Gasteiger partial charge in [0.2, 0.25) is 17.7 Å². The zero-order valence-corrected chi connectivity index (χ0v) is 23.0. The monoisotopic (exact) mass is 569 g/mol. The summed E-state index contributed by atoms with van der Waals surface area (Å²) < 4.78 is 37.0. The zero-order chi connectivity index (χ0) is 28.4. The number of hydrogen-bond donors (Lipinski definition) is 2. The Morgan fingerprint density at radius 1 is 1.00 bits per heavy atom. The molecule has 0 radical (unpaired) electrons. The number of aryl methyl sites for hydroxylation is 1. The van der Waals surface area contributed by atoms with Crippen LogP contribution in [0.3, 0.4) is 0 Å². The van der Waals surface area contributed by atoms with Gasteiger partial charge in [-0.25, -0.2) is 13.4 Å². The van der Waals surface area contributed by atoms with Crippen molar-refractivity contribution in [1.82, 2.24) is 15.2 Å². The number of hydrogen-bond acceptors (Lipinski definition) is 8. The van der Waals surface area contributed by atoms with E-state index < -0.39 is 39.6 Å². The molecule has 1 fully saturated rings. The predicted octanol–water partition coefficient (Wildman–Crippen LogP) is 2.31. The summed E-state index contributed by atoms with van der Waals surface area (Å²) in [7, 11) is -3.76. The first-order valence-corrected chi connectivity index (χ1v) is 15.1. The lowest BCUT2D eigenvalue weighted by Gasteiger charge is -2.29. The summed E-state index contributed by atoms with van der Waals surface area (Å²) in [4.78, 5) is 32.4. The van der Waals surface area contributed by atoms with Crippen molar-refractivity contribution in [3.8, 4) is 0 Å².